The van der Waals surface area contributed by atoms with E-state index in [1.165, 1.54) is 98.7 Å². The summed E-state index contributed by atoms with van der Waals surface area (Å²) in [6.07, 6.45) is 0. The highest BCUT2D eigenvalue weighted by Crippen LogP contribution is 2.54. The van der Waals surface area contributed by atoms with Crippen LogP contribution in [0.1, 0.15) is 25.0 Å². The molecule has 0 N–H and O–H groups in total. The van der Waals surface area contributed by atoms with E-state index in [0.717, 1.165) is 0 Å². The van der Waals surface area contributed by atoms with Gasteiger partial charge in [-0.05, 0) is 111 Å². The highest BCUT2D eigenvalue weighted by molar-refractivity contribution is 6.21. The second-order valence-electron chi connectivity index (χ2n) is 14.0. The molecule has 0 aromatic heterocycles. The maximum absolute atomic E-state index is 2.50. The molecule has 0 atom stereocenters. The van der Waals surface area contributed by atoms with Gasteiger partial charge in [0.2, 0.25) is 0 Å². The Labute approximate surface area is 286 Å². The number of rotatable bonds is 3. The maximum atomic E-state index is 2.50. The summed E-state index contributed by atoms with van der Waals surface area (Å²) < 4.78 is 0. The van der Waals surface area contributed by atoms with Crippen LogP contribution in [0.3, 0.4) is 0 Å². The molecular formula is C49H34. The first kappa shape index (κ1) is 28.1. The van der Waals surface area contributed by atoms with Crippen molar-refractivity contribution in [3.05, 3.63) is 181 Å². The van der Waals surface area contributed by atoms with Gasteiger partial charge in [0.15, 0.2) is 0 Å². The molecule has 0 aliphatic heterocycles. The van der Waals surface area contributed by atoms with Crippen molar-refractivity contribution in [1.29, 1.82) is 0 Å². The number of fused-ring (bicyclic) bond motifs is 9. The third kappa shape index (κ3) is 4.04. The Balaban J connectivity index is 1.28. The quantitative estimate of drug-likeness (QED) is 0.136. The minimum Gasteiger partial charge on any atom is -0.0619 e. The molecule has 9 aromatic rings. The Bertz CT molecular complexity index is 2800. The lowest BCUT2D eigenvalue weighted by Gasteiger charge is -2.24. The smallest absolute Gasteiger partial charge is 0.0159 e. The number of hydrogen-bond acceptors (Lipinski definition) is 0. The van der Waals surface area contributed by atoms with Gasteiger partial charge in [0.1, 0.15) is 0 Å². The number of benzene rings is 9. The van der Waals surface area contributed by atoms with E-state index in [2.05, 4.69) is 184 Å². The Kier molecular flexibility index (Phi) is 6.02. The molecule has 0 saturated heterocycles. The van der Waals surface area contributed by atoms with E-state index < -0.39 is 0 Å². The predicted octanol–water partition coefficient (Wildman–Crippen LogP) is 13.6. The summed E-state index contributed by atoms with van der Waals surface area (Å²) in [5.41, 5.74) is 13.0. The Morgan fingerprint density at radius 3 is 1.55 bits per heavy atom. The van der Waals surface area contributed by atoms with Crippen molar-refractivity contribution in [3.63, 3.8) is 0 Å². The standard InChI is InChI=1S/C49H34/c1-49(2)45-26-14-13-25-42(45)48-40-24-12-10-22-38(40)44(30-46(48)49)37-21-8-7-19-35(37)36-20-9-11-23-39(36)47-34-18-6-4-16-32(34)29-43-33-17-5-3-15-31(33)27-28-41(43)47/h3-30H,1-2H3. The predicted molar refractivity (Wildman–Crippen MR) is 210 cm³/mol. The van der Waals surface area contributed by atoms with Gasteiger partial charge in [-0.25, -0.2) is 0 Å². The van der Waals surface area contributed by atoms with E-state index >= 15 is 0 Å². The highest BCUT2D eigenvalue weighted by atomic mass is 14.4. The van der Waals surface area contributed by atoms with Gasteiger partial charge in [-0.15, -0.1) is 0 Å². The summed E-state index contributed by atoms with van der Waals surface area (Å²) in [4.78, 5) is 0. The van der Waals surface area contributed by atoms with Crippen molar-refractivity contribution in [2.24, 2.45) is 0 Å². The molecule has 0 radical (unpaired) electrons. The Morgan fingerprint density at radius 2 is 0.796 bits per heavy atom. The van der Waals surface area contributed by atoms with Gasteiger partial charge in [0.05, 0.1) is 0 Å². The van der Waals surface area contributed by atoms with Crippen LogP contribution in [0.4, 0.5) is 0 Å². The lowest BCUT2D eigenvalue weighted by molar-refractivity contribution is 0.661. The van der Waals surface area contributed by atoms with Gasteiger partial charge >= 0.3 is 0 Å². The monoisotopic (exact) mass is 622 g/mol. The van der Waals surface area contributed by atoms with E-state index in [0.29, 0.717) is 0 Å². The Hall–Kier alpha value is -5.98. The minimum absolute atomic E-state index is 0.0950. The largest absolute Gasteiger partial charge is 0.0619 e. The highest BCUT2D eigenvalue weighted by Gasteiger charge is 2.37. The molecule has 0 unspecified atom stereocenters. The van der Waals surface area contributed by atoms with Crippen molar-refractivity contribution in [3.8, 4) is 44.5 Å². The molecule has 0 nitrogen and oxygen atoms in total. The first-order chi connectivity index (χ1) is 24.1. The minimum atomic E-state index is -0.0950. The molecule has 0 spiro atoms. The van der Waals surface area contributed by atoms with Crippen LogP contribution in [0.25, 0.3) is 87.6 Å². The molecule has 49 heavy (non-hydrogen) atoms. The third-order valence-corrected chi connectivity index (χ3v) is 11.1. The number of hydrogen-bond donors (Lipinski definition) is 0. The van der Waals surface area contributed by atoms with Crippen molar-refractivity contribution in [2.75, 3.05) is 0 Å². The third-order valence-electron chi connectivity index (χ3n) is 11.1. The first-order valence-corrected chi connectivity index (χ1v) is 17.3. The summed E-state index contributed by atoms with van der Waals surface area (Å²) in [6, 6.07) is 63.2. The molecule has 0 fully saturated rings. The molecule has 0 bridgehead atoms. The Morgan fingerprint density at radius 1 is 0.286 bits per heavy atom. The zero-order valence-corrected chi connectivity index (χ0v) is 27.7. The van der Waals surface area contributed by atoms with Gasteiger partial charge in [-0.3, -0.25) is 0 Å². The first-order valence-electron chi connectivity index (χ1n) is 17.3. The van der Waals surface area contributed by atoms with Crippen LogP contribution in [-0.2, 0) is 5.41 Å². The molecule has 230 valence electrons. The van der Waals surface area contributed by atoms with E-state index in [1.54, 1.807) is 0 Å². The van der Waals surface area contributed by atoms with Crippen molar-refractivity contribution in [2.45, 2.75) is 19.3 Å². The van der Waals surface area contributed by atoms with Gasteiger partial charge in [-0.1, -0.05) is 172 Å². The fraction of sp³-hybridized carbons (Fsp3) is 0.0612. The topological polar surface area (TPSA) is 0 Å². The lowest BCUT2D eigenvalue weighted by atomic mass is 9.79. The molecule has 0 amide bonds. The molecular weight excluding hydrogens is 589 g/mol. The molecule has 0 heteroatoms. The van der Waals surface area contributed by atoms with E-state index in [-0.39, 0.29) is 5.41 Å². The van der Waals surface area contributed by atoms with Crippen LogP contribution < -0.4 is 0 Å². The van der Waals surface area contributed by atoms with E-state index in [9.17, 15) is 0 Å². The van der Waals surface area contributed by atoms with Crippen LogP contribution in [0.15, 0.2) is 170 Å². The second kappa shape index (κ2) is 10.5. The average Bonchev–Trinajstić information content (AvgIpc) is 3.39. The molecule has 0 saturated carbocycles. The summed E-state index contributed by atoms with van der Waals surface area (Å²) in [6.45, 7) is 4.76. The van der Waals surface area contributed by atoms with E-state index in [1.807, 2.05) is 0 Å². The zero-order valence-electron chi connectivity index (χ0n) is 27.7. The zero-order chi connectivity index (χ0) is 32.7. The molecule has 0 heterocycles. The van der Waals surface area contributed by atoms with Crippen LogP contribution in [-0.4, -0.2) is 0 Å². The fourth-order valence-electron chi connectivity index (χ4n) is 8.77. The fourth-order valence-corrected chi connectivity index (χ4v) is 8.77. The summed E-state index contributed by atoms with van der Waals surface area (Å²) >= 11 is 0. The second-order valence-corrected chi connectivity index (χ2v) is 14.0. The average molecular weight is 623 g/mol. The van der Waals surface area contributed by atoms with Crippen LogP contribution >= 0.6 is 0 Å². The van der Waals surface area contributed by atoms with Crippen molar-refractivity contribution < 1.29 is 0 Å². The SMILES string of the molecule is CC1(C)c2ccccc2-c2c1cc(-c1ccccc1-c1ccccc1-c1c3ccccc3cc3c1ccc1ccccc13)c1ccccc21. The molecule has 1 aliphatic rings. The van der Waals surface area contributed by atoms with Gasteiger partial charge in [-0.2, -0.15) is 0 Å². The maximum Gasteiger partial charge on any atom is 0.0159 e. The van der Waals surface area contributed by atoms with Crippen LogP contribution in [0.5, 0.6) is 0 Å². The van der Waals surface area contributed by atoms with Crippen LogP contribution in [0.2, 0.25) is 0 Å². The molecule has 10 rings (SSSR count). The van der Waals surface area contributed by atoms with Gasteiger partial charge < -0.3 is 0 Å². The molecule has 9 aromatic carbocycles. The summed E-state index contributed by atoms with van der Waals surface area (Å²) in [5, 5.41) is 10.3. The lowest BCUT2D eigenvalue weighted by Crippen LogP contribution is -2.15. The summed E-state index contributed by atoms with van der Waals surface area (Å²) in [7, 11) is 0. The van der Waals surface area contributed by atoms with Gasteiger partial charge in [0.25, 0.3) is 0 Å². The summed E-state index contributed by atoms with van der Waals surface area (Å²) in [5.74, 6) is 0. The van der Waals surface area contributed by atoms with Crippen molar-refractivity contribution in [1.82, 2.24) is 0 Å². The van der Waals surface area contributed by atoms with Crippen molar-refractivity contribution >= 4 is 43.1 Å². The van der Waals surface area contributed by atoms with Crippen LogP contribution in [0, 0.1) is 0 Å². The molecule has 1 aliphatic carbocycles. The van der Waals surface area contributed by atoms with Gasteiger partial charge in [0, 0.05) is 5.41 Å². The van der Waals surface area contributed by atoms with E-state index in [4.69, 9.17) is 0 Å². The normalized spacial score (nSPS) is 13.3.